The van der Waals surface area contributed by atoms with Crippen molar-refractivity contribution in [1.82, 2.24) is 5.43 Å². The first-order valence-corrected chi connectivity index (χ1v) is 5.37. The van der Waals surface area contributed by atoms with Gasteiger partial charge in [0.2, 0.25) is 5.96 Å². The number of rotatable bonds is 4. The standard InChI is InChI=1S/C11H19N5/c1-3-16(4-2)10-7-5-9(6-8-10)14-11(12)15-13/h5-8H,3-4,13H2,1-2H3,(H3,12,14,15). The van der Waals surface area contributed by atoms with Gasteiger partial charge in [0.1, 0.15) is 0 Å². The molecule has 0 radical (unpaired) electrons. The van der Waals surface area contributed by atoms with Gasteiger partial charge in [-0.1, -0.05) is 0 Å². The van der Waals surface area contributed by atoms with Crippen molar-refractivity contribution in [2.45, 2.75) is 13.8 Å². The third-order valence-corrected chi connectivity index (χ3v) is 2.38. The molecule has 5 nitrogen and oxygen atoms in total. The average molecular weight is 221 g/mol. The Kier molecular flexibility index (Phi) is 4.60. The summed E-state index contributed by atoms with van der Waals surface area (Å²) in [5.74, 6) is 5.33. The minimum absolute atomic E-state index is 0.204. The number of nitrogens with two attached hydrogens (primary N) is 2. The highest BCUT2D eigenvalue weighted by Crippen LogP contribution is 2.19. The number of benzene rings is 1. The lowest BCUT2D eigenvalue weighted by Gasteiger charge is -2.20. The van der Waals surface area contributed by atoms with Crippen LogP contribution in [0.5, 0.6) is 0 Å². The maximum atomic E-state index is 5.46. The van der Waals surface area contributed by atoms with E-state index in [1.807, 2.05) is 24.3 Å². The first kappa shape index (κ1) is 12.3. The van der Waals surface area contributed by atoms with Crippen molar-refractivity contribution in [3.05, 3.63) is 24.3 Å². The van der Waals surface area contributed by atoms with Gasteiger partial charge >= 0.3 is 0 Å². The van der Waals surface area contributed by atoms with E-state index in [0.717, 1.165) is 18.8 Å². The molecule has 0 heterocycles. The van der Waals surface area contributed by atoms with Gasteiger partial charge in [0, 0.05) is 18.8 Å². The SMILES string of the molecule is CCN(CC)c1ccc(N=C(N)NN)cc1. The zero-order chi connectivity index (χ0) is 12.0. The predicted octanol–water partition coefficient (Wildman–Crippen LogP) is 0.942. The smallest absolute Gasteiger partial charge is 0.208 e. The molecule has 0 atom stereocenters. The molecule has 1 rings (SSSR count). The Hall–Kier alpha value is -1.75. The molecule has 16 heavy (non-hydrogen) atoms. The Labute approximate surface area is 96.1 Å². The van der Waals surface area contributed by atoms with Crippen molar-refractivity contribution in [3.63, 3.8) is 0 Å². The van der Waals surface area contributed by atoms with Gasteiger partial charge in [0.25, 0.3) is 0 Å². The van der Waals surface area contributed by atoms with Gasteiger partial charge in [-0.25, -0.2) is 10.8 Å². The highest BCUT2D eigenvalue weighted by Gasteiger charge is 2.00. The zero-order valence-corrected chi connectivity index (χ0v) is 9.77. The van der Waals surface area contributed by atoms with Crippen LogP contribution >= 0.6 is 0 Å². The van der Waals surface area contributed by atoms with Crippen molar-refractivity contribution < 1.29 is 0 Å². The van der Waals surface area contributed by atoms with E-state index in [0.29, 0.717) is 0 Å². The quantitative estimate of drug-likeness (QED) is 0.306. The Morgan fingerprint density at radius 1 is 1.25 bits per heavy atom. The van der Waals surface area contributed by atoms with Gasteiger partial charge in [0.15, 0.2) is 0 Å². The minimum atomic E-state index is 0.204. The van der Waals surface area contributed by atoms with Crippen LogP contribution in [0.25, 0.3) is 0 Å². The molecule has 0 aromatic heterocycles. The first-order valence-electron chi connectivity index (χ1n) is 5.37. The summed E-state index contributed by atoms with van der Waals surface area (Å²) >= 11 is 0. The second kappa shape index (κ2) is 5.97. The molecule has 1 aromatic rings. The van der Waals surface area contributed by atoms with Crippen molar-refractivity contribution >= 4 is 17.3 Å². The van der Waals surface area contributed by atoms with Gasteiger partial charge < -0.3 is 10.6 Å². The van der Waals surface area contributed by atoms with E-state index >= 15 is 0 Å². The Morgan fingerprint density at radius 2 is 1.81 bits per heavy atom. The average Bonchev–Trinajstić information content (AvgIpc) is 2.32. The number of aliphatic imine (C=N–C) groups is 1. The number of anilines is 1. The molecule has 0 amide bonds. The number of hydrogen-bond donors (Lipinski definition) is 3. The van der Waals surface area contributed by atoms with Crippen LogP contribution in [0.15, 0.2) is 29.3 Å². The molecular weight excluding hydrogens is 202 g/mol. The third kappa shape index (κ3) is 3.13. The molecule has 0 aliphatic heterocycles. The topological polar surface area (TPSA) is 79.7 Å². The zero-order valence-electron chi connectivity index (χ0n) is 9.77. The number of nitrogens with one attached hydrogen (secondary N) is 1. The van der Waals surface area contributed by atoms with Crippen LogP contribution in [-0.4, -0.2) is 19.0 Å². The van der Waals surface area contributed by atoms with Crippen molar-refractivity contribution in [1.29, 1.82) is 0 Å². The number of guanidine groups is 1. The summed E-state index contributed by atoms with van der Waals surface area (Å²) in [6.07, 6.45) is 0. The number of hydrazine groups is 1. The molecule has 0 saturated carbocycles. The van der Waals surface area contributed by atoms with E-state index in [4.69, 9.17) is 11.6 Å². The Morgan fingerprint density at radius 3 is 2.25 bits per heavy atom. The molecular formula is C11H19N5. The fourth-order valence-corrected chi connectivity index (χ4v) is 1.50. The lowest BCUT2D eigenvalue weighted by molar-refractivity contribution is 0.866. The molecule has 0 bridgehead atoms. The molecule has 5 heteroatoms. The van der Waals surface area contributed by atoms with Crippen LogP contribution in [0.3, 0.4) is 0 Å². The van der Waals surface area contributed by atoms with E-state index in [1.165, 1.54) is 5.69 Å². The molecule has 0 aliphatic carbocycles. The predicted molar refractivity (Wildman–Crippen MR) is 68.6 cm³/mol. The van der Waals surface area contributed by atoms with E-state index in [-0.39, 0.29) is 5.96 Å². The Bertz CT molecular complexity index is 340. The third-order valence-electron chi connectivity index (χ3n) is 2.38. The monoisotopic (exact) mass is 221 g/mol. The van der Waals surface area contributed by atoms with E-state index in [9.17, 15) is 0 Å². The fraction of sp³-hybridized carbons (Fsp3) is 0.364. The summed E-state index contributed by atoms with van der Waals surface area (Å²) < 4.78 is 0. The van der Waals surface area contributed by atoms with Crippen molar-refractivity contribution in [2.75, 3.05) is 18.0 Å². The van der Waals surface area contributed by atoms with Crippen LogP contribution in [0.1, 0.15) is 13.8 Å². The molecule has 0 saturated heterocycles. The summed E-state index contributed by atoms with van der Waals surface area (Å²) in [5, 5.41) is 0. The van der Waals surface area contributed by atoms with Gasteiger partial charge in [0.05, 0.1) is 5.69 Å². The molecule has 88 valence electrons. The lowest BCUT2D eigenvalue weighted by atomic mass is 10.2. The van der Waals surface area contributed by atoms with E-state index < -0.39 is 0 Å². The second-order valence-electron chi connectivity index (χ2n) is 3.33. The van der Waals surface area contributed by atoms with Crippen molar-refractivity contribution in [2.24, 2.45) is 16.6 Å². The summed E-state index contributed by atoms with van der Waals surface area (Å²) in [6.45, 7) is 6.25. The van der Waals surface area contributed by atoms with Crippen LogP contribution in [0, 0.1) is 0 Å². The molecule has 0 unspecified atom stereocenters. The van der Waals surface area contributed by atoms with Crippen LogP contribution in [0.2, 0.25) is 0 Å². The number of nitrogens with zero attached hydrogens (tertiary/aromatic N) is 2. The van der Waals surface area contributed by atoms with Gasteiger partial charge in [-0.15, -0.1) is 0 Å². The van der Waals surface area contributed by atoms with Crippen LogP contribution < -0.4 is 21.9 Å². The van der Waals surface area contributed by atoms with Crippen molar-refractivity contribution in [3.8, 4) is 0 Å². The molecule has 1 aromatic carbocycles. The highest BCUT2D eigenvalue weighted by atomic mass is 15.3. The molecule has 0 aliphatic rings. The molecule has 0 spiro atoms. The van der Waals surface area contributed by atoms with Gasteiger partial charge in [-0.3, -0.25) is 5.43 Å². The normalized spacial score (nSPS) is 11.3. The maximum Gasteiger partial charge on any atom is 0.208 e. The summed E-state index contributed by atoms with van der Waals surface area (Å²) in [5.41, 5.74) is 9.72. The number of hydrogen-bond acceptors (Lipinski definition) is 3. The lowest BCUT2D eigenvalue weighted by Crippen LogP contribution is -2.36. The largest absolute Gasteiger partial charge is 0.372 e. The van der Waals surface area contributed by atoms with Crippen LogP contribution in [-0.2, 0) is 0 Å². The van der Waals surface area contributed by atoms with E-state index in [1.54, 1.807) is 0 Å². The van der Waals surface area contributed by atoms with Gasteiger partial charge in [-0.05, 0) is 38.1 Å². The highest BCUT2D eigenvalue weighted by molar-refractivity contribution is 5.80. The molecule has 0 fully saturated rings. The molecule has 5 N–H and O–H groups in total. The fourth-order valence-electron chi connectivity index (χ4n) is 1.50. The van der Waals surface area contributed by atoms with Crippen LogP contribution in [0.4, 0.5) is 11.4 Å². The first-order chi connectivity index (χ1) is 7.71. The summed E-state index contributed by atoms with van der Waals surface area (Å²) in [6, 6.07) is 7.88. The van der Waals surface area contributed by atoms with E-state index in [2.05, 4.69) is 29.2 Å². The second-order valence-corrected chi connectivity index (χ2v) is 3.33. The minimum Gasteiger partial charge on any atom is -0.372 e. The summed E-state index contributed by atoms with van der Waals surface area (Å²) in [4.78, 5) is 6.33. The summed E-state index contributed by atoms with van der Waals surface area (Å²) in [7, 11) is 0. The van der Waals surface area contributed by atoms with Gasteiger partial charge in [-0.2, -0.15) is 0 Å². The Balaban J connectivity index is 2.82. The maximum absolute atomic E-state index is 5.46.